The lowest BCUT2D eigenvalue weighted by Crippen LogP contribution is -2.60. The molecule has 0 saturated carbocycles. The third-order valence-electron chi connectivity index (χ3n) is 10.3. The Morgan fingerprint density at radius 2 is 1.48 bits per heavy atom. The van der Waals surface area contributed by atoms with Crippen molar-refractivity contribution in [1.82, 2.24) is 24.4 Å². The number of amides is 1. The third kappa shape index (κ3) is 7.77. The van der Waals surface area contributed by atoms with Gasteiger partial charge in [0.2, 0.25) is 5.91 Å². The topological polar surface area (TPSA) is 230 Å². The first-order valence-electron chi connectivity index (χ1n) is 16.7. The summed E-state index contributed by atoms with van der Waals surface area (Å²) in [5.41, 5.74) is -4.49. The second-order valence-electron chi connectivity index (χ2n) is 14.7. The molecule has 1 amide bonds. The van der Waals surface area contributed by atoms with Gasteiger partial charge in [0, 0.05) is 52.3 Å². The van der Waals surface area contributed by atoms with Crippen LogP contribution in [0.4, 0.5) is 0 Å². The molecule has 21 heteroatoms. The number of phosphoric acid groups is 1. The smallest absolute Gasteiger partial charge is 0.408 e. The SMILES string of the molecule is CO[C@@H]1[C@@H]2OP(=O)(OC)OC[C@@]3(CNC(=O)C[C@H](C)[C@H]2O[C@H]1n1ccc(=O)[nH]c1=O)O[C@@H](n1ccc(=O)[nH]c1=O)[C@H](OC)[C@@H]3O[Si](C)(C)C(C)(C)C. The lowest BCUT2D eigenvalue weighted by atomic mass is 9.93. The summed E-state index contributed by atoms with van der Waals surface area (Å²) in [5.74, 6) is -1.06. The third-order valence-corrected chi connectivity index (χ3v) is 16.1. The molecular formula is C31H48N5O14PSi. The quantitative estimate of drug-likeness (QED) is 0.263. The van der Waals surface area contributed by atoms with Crippen LogP contribution >= 0.6 is 7.82 Å². The summed E-state index contributed by atoms with van der Waals surface area (Å²) in [4.78, 5) is 67.7. The number of hydrogen-bond donors (Lipinski definition) is 3. The number of nitrogens with one attached hydrogen (secondary N) is 3. The molecule has 5 rings (SSSR count). The molecule has 52 heavy (non-hydrogen) atoms. The summed E-state index contributed by atoms with van der Waals surface area (Å²) < 4.78 is 65.8. The minimum Gasteiger partial charge on any atom is -0.408 e. The Kier molecular flexibility index (Phi) is 11.6. The average molecular weight is 774 g/mol. The normalized spacial score (nSPS) is 34.8. The first kappa shape index (κ1) is 40.1. The van der Waals surface area contributed by atoms with Crippen molar-refractivity contribution in [3.05, 3.63) is 66.2 Å². The number of phosphoric ester groups is 1. The summed E-state index contributed by atoms with van der Waals surface area (Å²) in [6.07, 6.45) is -5.37. The van der Waals surface area contributed by atoms with Crippen molar-refractivity contribution in [2.45, 2.75) is 101 Å². The van der Waals surface area contributed by atoms with E-state index in [0.29, 0.717) is 0 Å². The molecule has 0 bridgehead atoms. The Hall–Kier alpha value is -3.04. The number of aromatic amines is 2. The number of methoxy groups -OCH3 is 2. The van der Waals surface area contributed by atoms with Crippen LogP contribution in [0, 0.1) is 5.92 Å². The lowest BCUT2D eigenvalue weighted by Gasteiger charge is -2.44. The molecular weight excluding hydrogens is 725 g/mol. The van der Waals surface area contributed by atoms with Gasteiger partial charge in [-0.25, -0.2) is 14.2 Å². The van der Waals surface area contributed by atoms with Crippen molar-refractivity contribution in [3.8, 4) is 0 Å². The molecule has 0 aliphatic carbocycles. The summed E-state index contributed by atoms with van der Waals surface area (Å²) >= 11 is 0. The van der Waals surface area contributed by atoms with Gasteiger partial charge in [-0.2, -0.15) is 0 Å². The number of H-pyrrole nitrogens is 2. The fourth-order valence-corrected chi connectivity index (χ4v) is 8.93. The van der Waals surface area contributed by atoms with E-state index in [2.05, 4.69) is 15.3 Å². The van der Waals surface area contributed by atoms with Crippen molar-refractivity contribution in [1.29, 1.82) is 0 Å². The Labute approximate surface area is 299 Å². The summed E-state index contributed by atoms with van der Waals surface area (Å²) in [6.45, 7) is 11.0. The van der Waals surface area contributed by atoms with E-state index < -0.39 is 106 Å². The Morgan fingerprint density at radius 3 is 2.00 bits per heavy atom. The highest BCUT2D eigenvalue weighted by Gasteiger charge is 2.61. The molecule has 3 aliphatic heterocycles. The van der Waals surface area contributed by atoms with E-state index in [1.807, 2.05) is 33.9 Å². The van der Waals surface area contributed by atoms with E-state index in [-0.39, 0.29) is 18.0 Å². The maximum Gasteiger partial charge on any atom is 0.475 e. The second kappa shape index (κ2) is 15.0. The first-order chi connectivity index (χ1) is 24.3. The van der Waals surface area contributed by atoms with Crippen LogP contribution in [-0.4, -0.2) is 104 Å². The van der Waals surface area contributed by atoms with Gasteiger partial charge in [-0.05, 0) is 24.1 Å². The number of carbonyl (C=O) groups is 1. The van der Waals surface area contributed by atoms with Gasteiger partial charge >= 0.3 is 19.2 Å². The average Bonchev–Trinajstić information content (AvgIpc) is 3.56. The molecule has 5 heterocycles. The predicted octanol–water partition coefficient (Wildman–Crippen LogP) is 0.985. The van der Waals surface area contributed by atoms with Crippen LogP contribution in [0.1, 0.15) is 46.6 Å². The van der Waals surface area contributed by atoms with E-state index in [0.717, 1.165) is 28.4 Å². The van der Waals surface area contributed by atoms with Crippen molar-refractivity contribution in [2.75, 3.05) is 34.5 Å². The molecule has 1 spiro atoms. The van der Waals surface area contributed by atoms with Gasteiger partial charge in [-0.1, -0.05) is 27.7 Å². The zero-order chi connectivity index (χ0) is 38.4. The largest absolute Gasteiger partial charge is 0.475 e. The van der Waals surface area contributed by atoms with Gasteiger partial charge < -0.3 is 28.7 Å². The molecule has 3 N–H and O–H groups in total. The number of carbonyl (C=O) groups excluding carboxylic acids is 1. The van der Waals surface area contributed by atoms with Gasteiger partial charge in [-0.15, -0.1) is 0 Å². The molecule has 0 aromatic carbocycles. The maximum absolute atomic E-state index is 14.5. The van der Waals surface area contributed by atoms with Crippen LogP contribution in [-0.2, 0) is 46.3 Å². The highest BCUT2D eigenvalue weighted by molar-refractivity contribution is 7.48. The number of hydrogen-bond acceptors (Lipinski definition) is 14. The Bertz CT molecular complexity index is 1910. The Morgan fingerprint density at radius 1 is 0.904 bits per heavy atom. The van der Waals surface area contributed by atoms with E-state index in [4.69, 9.17) is 36.9 Å². The van der Waals surface area contributed by atoms with Crippen LogP contribution in [0.15, 0.2) is 43.7 Å². The van der Waals surface area contributed by atoms with Gasteiger partial charge in [0.1, 0.15) is 30.0 Å². The molecule has 3 aliphatic rings. The number of aromatic nitrogens is 4. The van der Waals surface area contributed by atoms with E-state index >= 15 is 0 Å². The molecule has 2 aromatic heterocycles. The molecule has 1 unspecified atom stereocenters. The lowest BCUT2D eigenvalue weighted by molar-refractivity contribution is -0.138. The molecule has 2 aromatic rings. The Balaban J connectivity index is 1.59. The van der Waals surface area contributed by atoms with Gasteiger partial charge in [-0.3, -0.25) is 47.1 Å². The number of ether oxygens (including phenoxy) is 4. The highest BCUT2D eigenvalue weighted by Crippen LogP contribution is 2.56. The summed E-state index contributed by atoms with van der Waals surface area (Å²) in [7, 11) is -3.40. The zero-order valence-electron chi connectivity index (χ0n) is 30.6. The predicted molar refractivity (Wildman–Crippen MR) is 185 cm³/mol. The molecule has 0 radical (unpaired) electrons. The van der Waals surface area contributed by atoms with Crippen molar-refractivity contribution < 1.29 is 46.3 Å². The standard InChI is InChI=1S/C31H48N5O14PSi/c1-17-14-20(39)32-15-31(25(50-52(8,9)30(2,3)4)24(44-6)27(48-31)36-13-11-19(38)34-29(36)41)16-46-51(42,45-7)49-22-21(17)47-26(23(22)43-5)35-12-10-18(37)33-28(35)40/h10-13,17,21-27H,14-16H2,1-9H3,(H,32,39)(H,33,37,40)(H,34,38,41)/t17-,21+,22+,23+,24+,25-,26+,27+,31+,51?/m0/s1. The fraction of sp³-hybridized carbons (Fsp3) is 0.710. The molecule has 3 saturated heterocycles. The molecule has 10 atom stereocenters. The van der Waals surface area contributed by atoms with Crippen LogP contribution < -0.4 is 27.8 Å². The minimum atomic E-state index is -4.57. The van der Waals surface area contributed by atoms with Crippen molar-refractivity contribution in [2.24, 2.45) is 5.92 Å². The zero-order valence-corrected chi connectivity index (χ0v) is 32.5. The minimum absolute atomic E-state index is 0.132. The monoisotopic (exact) mass is 773 g/mol. The fourth-order valence-electron chi connectivity index (χ4n) is 6.42. The first-order valence-corrected chi connectivity index (χ1v) is 21.1. The molecule has 3 fully saturated rings. The maximum atomic E-state index is 14.5. The number of fused-ring (bicyclic) bond motifs is 1. The van der Waals surface area contributed by atoms with Gasteiger partial charge in [0.25, 0.3) is 11.1 Å². The van der Waals surface area contributed by atoms with Gasteiger partial charge in [0.15, 0.2) is 20.8 Å². The number of rotatable bonds is 7. The van der Waals surface area contributed by atoms with Crippen LogP contribution in [0.5, 0.6) is 0 Å². The summed E-state index contributed by atoms with van der Waals surface area (Å²) in [5, 5.41) is 2.58. The van der Waals surface area contributed by atoms with Crippen molar-refractivity contribution in [3.63, 3.8) is 0 Å². The van der Waals surface area contributed by atoms with Crippen LogP contribution in [0.25, 0.3) is 0 Å². The highest BCUT2D eigenvalue weighted by atomic mass is 31.2. The summed E-state index contributed by atoms with van der Waals surface area (Å²) in [6, 6.07) is 2.29. The van der Waals surface area contributed by atoms with E-state index in [9.17, 15) is 28.5 Å². The van der Waals surface area contributed by atoms with Gasteiger partial charge in [0.05, 0.1) is 19.3 Å². The van der Waals surface area contributed by atoms with Crippen LogP contribution in [0.3, 0.4) is 0 Å². The molecule has 290 valence electrons. The number of nitrogens with zero attached hydrogens (tertiary/aromatic N) is 2. The molecule has 19 nitrogen and oxygen atoms in total. The van der Waals surface area contributed by atoms with Crippen molar-refractivity contribution >= 4 is 22.0 Å². The van der Waals surface area contributed by atoms with Crippen LogP contribution in [0.2, 0.25) is 18.1 Å². The second-order valence-corrected chi connectivity index (χ2v) is 21.2. The van der Waals surface area contributed by atoms with E-state index in [1.165, 1.54) is 26.6 Å². The van der Waals surface area contributed by atoms with E-state index in [1.54, 1.807) is 6.92 Å².